The molecule has 4 nitrogen and oxygen atoms in total. The Morgan fingerprint density at radius 3 is 3.05 bits per heavy atom. The van der Waals surface area contributed by atoms with E-state index in [2.05, 4.69) is 50.8 Å². The number of nitrogens with zero attached hydrogens (tertiary/aromatic N) is 4. The van der Waals surface area contributed by atoms with Crippen molar-refractivity contribution in [3.05, 3.63) is 52.1 Å². The van der Waals surface area contributed by atoms with Gasteiger partial charge in [0.1, 0.15) is 5.82 Å². The van der Waals surface area contributed by atoms with Crippen molar-refractivity contribution >= 4 is 17.0 Å². The fourth-order valence-corrected chi connectivity index (χ4v) is 4.27. The van der Waals surface area contributed by atoms with Crippen molar-refractivity contribution in [3.8, 4) is 0 Å². The molecule has 0 aromatic carbocycles. The number of hydrogen-bond donors (Lipinski definition) is 0. The Morgan fingerprint density at radius 1 is 1.23 bits per heavy atom. The molecule has 1 atom stereocenters. The van der Waals surface area contributed by atoms with Gasteiger partial charge in [-0.1, -0.05) is 6.07 Å². The highest BCUT2D eigenvalue weighted by Gasteiger charge is 2.25. The zero-order valence-corrected chi connectivity index (χ0v) is 13.6. The minimum absolute atomic E-state index is 0.479. The Hall–Kier alpha value is -1.72. The lowest BCUT2D eigenvalue weighted by Crippen LogP contribution is -2.34. The summed E-state index contributed by atoms with van der Waals surface area (Å²) in [6, 6.07) is 10.6. The van der Waals surface area contributed by atoms with Gasteiger partial charge in [-0.3, -0.25) is 9.30 Å². The van der Waals surface area contributed by atoms with Crippen LogP contribution in [0, 0.1) is 6.92 Å². The monoisotopic (exact) mass is 312 g/mol. The first kappa shape index (κ1) is 13.9. The molecule has 4 heterocycles. The van der Waals surface area contributed by atoms with E-state index in [4.69, 9.17) is 0 Å². The van der Waals surface area contributed by atoms with E-state index in [9.17, 15) is 0 Å². The Morgan fingerprint density at radius 2 is 2.18 bits per heavy atom. The molecule has 0 amide bonds. The molecule has 22 heavy (non-hydrogen) atoms. The van der Waals surface area contributed by atoms with Gasteiger partial charge >= 0.3 is 0 Å². The molecule has 0 bridgehead atoms. The van der Waals surface area contributed by atoms with E-state index in [1.165, 1.54) is 29.1 Å². The molecule has 0 spiro atoms. The normalized spacial score (nSPS) is 19.8. The van der Waals surface area contributed by atoms with E-state index in [1.54, 1.807) is 0 Å². The van der Waals surface area contributed by atoms with Gasteiger partial charge in [0.25, 0.3) is 0 Å². The second kappa shape index (κ2) is 5.82. The van der Waals surface area contributed by atoms with Crippen molar-refractivity contribution in [3.63, 3.8) is 0 Å². The van der Waals surface area contributed by atoms with Crippen LogP contribution in [0.25, 0.3) is 5.65 Å². The molecule has 1 saturated heterocycles. The number of fused-ring (bicyclic) bond motifs is 1. The van der Waals surface area contributed by atoms with Crippen molar-refractivity contribution in [2.24, 2.45) is 0 Å². The third-order valence-corrected chi connectivity index (χ3v) is 5.37. The Labute approximate surface area is 134 Å². The molecular formula is C17H20N4S. The summed E-state index contributed by atoms with van der Waals surface area (Å²) < 4.78 is 2.14. The summed E-state index contributed by atoms with van der Waals surface area (Å²) in [5, 5.41) is 8.76. The van der Waals surface area contributed by atoms with Crippen molar-refractivity contribution < 1.29 is 0 Å². The van der Waals surface area contributed by atoms with Crippen LogP contribution >= 0.6 is 11.3 Å². The molecular weight excluding hydrogens is 292 g/mol. The predicted octanol–water partition coefficient (Wildman–Crippen LogP) is 3.48. The quantitative estimate of drug-likeness (QED) is 0.742. The average molecular weight is 312 g/mol. The van der Waals surface area contributed by atoms with Gasteiger partial charge in [0.15, 0.2) is 5.65 Å². The van der Waals surface area contributed by atoms with Crippen molar-refractivity contribution in [1.29, 1.82) is 0 Å². The van der Waals surface area contributed by atoms with E-state index >= 15 is 0 Å². The van der Waals surface area contributed by atoms with Gasteiger partial charge < -0.3 is 0 Å². The molecule has 5 heteroatoms. The van der Waals surface area contributed by atoms with Crippen LogP contribution in [0.2, 0.25) is 0 Å². The second-order valence-corrected chi connectivity index (χ2v) is 7.45. The third-order valence-electron chi connectivity index (χ3n) is 4.39. The summed E-state index contributed by atoms with van der Waals surface area (Å²) in [5.41, 5.74) is 0.948. The molecule has 0 radical (unpaired) electrons. The molecule has 1 unspecified atom stereocenters. The largest absolute Gasteiger partial charge is 0.298 e. The summed E-state index contributed by atoms with van der Waals surface area (Å²) in [7, 11) is 0. The smallest absolute Gasteiger partial charge is 0.160 e. The van der Waals surface area contributed by atoms with Crippen molar-refractivity contribution in [1.82, 2.24) is 19.5 Å². The van der Waals surface area contributed by atoms with Gasteiger partial charge in [-0.25, -0.2) is 0 Å². The van der Waals surface area contributed by atoms with E-state index in [-0.39, 0.29) is 0 Å². The fraction of sp³-hybridized carbons (Fsp3) is 0.412. The molecule has 0 N–H and O–H groups in total. The summed E-state index contributed by atoms with van der Waals surface area (Å²) in [6.45, 7) is 5.50. The van der Waals surface area contributed by atoms with Gasteiger partial charge in [-0.05, 0) is 50.6 Å². The van der Waals surface area contributed by atoms with Crippen LogP contribution in [0.3, 0.4) is 0 Å². The lowest BCUT2D eigenvalue weighted by atomic mass is 9.97. The molecule has 0 aliphatic carbocycles. The maximum Gasteiger partial charge on any atom is 0.160 e. The highest BCUT2D eigenvalue weighted by Crippen LogP contribution is 2.28. The van der Waals surface area contributed by atoms with Crippen LogP contribution in [-0.4, -0.2) is 32.6 Å². The predicted molar refractivity (Wildman–Crippen MR) is 89.3 cm³/mol. The van der Waals surface area contributed by atoms with Crippen LogP contribution in [0.4, 0.5) is 0 Å². The maximum atomic E-state index is 4.45. The third kappa shape index (κ3) is 2.66. The van der Waals surface area contributed by atoms with Crippen LogP contribution in [-0.2, 0) is 6.54 Å². The summed E-state index contributed by atoms with van der Waals surface area (Å²) in [4.78, 5) is 5.42. The van der Waals surface area contributed by atoms with Gasteiger partial charge in [0, 0.05) is 35.0 Å². The SMILES string of the molecule is Cc1ccc(CN2CCCC(c3nnc4ccccn34)C2)s1. The molecule has 114 valence electrons. The van der Waals surface area contributed by atoms with Gasteiger partial charge in [-0.15, -0.1) is 21.5 Å². The van der Waals surface area contributed by atoms with Crippen LogP contribution < -0.4 is 0 Å². The zero-order chi connectivity index (χ0) is 14.9. The summed E-state index contributed by atoms with van der Waals surface area (Å²) in [5.74, 6) is 1.59. The number of likely N-dealkylation sites (tertiary alicyclic amines) is 1. The van der Waals surface area contributed by atoms with E-state index in [0.717, 1.165) is 24.6 Å². The topological polar surface area (TPSA) is 33.4 Å². The first-order valence-corrected chi connectivity index (χ1v) is 8.68. The van der Waals surface area contributed by atoms with E-state index in [1.807, 2.05) is 23.5 Å². The highest BCUT2D eigenvalue weighted by molar-refractivity contribution is 7.11. The molecule has 3 aromatic rings. The lowest BCUT2D eigenvalue weighted by Gasteiger charge is -2.31. The number of aromatic nitrogens is 3. The highest BCUT2D eigenvalue weighted by atomic mass is 32.1. The molecule has 1 aliphatic rings. The lowest BCUT2D eigenvalue weighted by molar-refractivity contribution is 0.197. The number of thiophene rings is 1. The zero-order valence-electron chi connectivity index (χ0n) is 12.8. The van der Waals surface area contributed by atoms with Gasteiger partial charge in [-0.2, -0.15) is 0 Å². The van der Waals surface area contributed by atoms with E-state index in [0.29, 0.717) is 5.92 Å². The van der Waals surface area contributed by atoms with Crippen molar-refractivity contribution in [2.75, 3.05) is 13.1 Å². The number of aryl methyl sites for hydroxylation is 1. The Balaban J connectivity index is 1.53. The summed E-state index contributed by atoms with van der Waals surface area (Å²) >= 11 is 1.91. The van der Waals surface area contributed by atoms with E-state index < -0.39 is 0 Å². The van der Waals surface area contributed by atoms with Crippen LogP contribution in [0.5, 0.6) is 0 Å². The maximum absolute atomic E-state index is 4.45. The Kier molecular flexibility index (Phi) is 3.68. The standard InChI is InChI=1S/C17H20N4S/c1-13-7-8-15(22-13)12-20-9-4-5-14(11-20)17-19-18-16-6-2-3-10-21(16)17/h2-3,6-8,10,14H,4-5,9,11-12H2,1H3. The van der Waals surface area contributed by atoms with Gasteiger partial charge in [0.2, 0.25) is 0 Å². The minimum atomic E-state index is 0.479. The molecule has 0 saturated carbocycles. The summed E-state index contributed by atoms with van der Waals surface area (Å²) in [6.07, 6.45) is 4.51. The molecule has 1 fully saturated rings. The molecule has 3 aromatic heterocycles. The van der Waals surface area contributed by atoms with Crippen LogP contribution in [0.15, 0.2) is 36.5 Å². The van der Waals surface area contributed by atoms with Crippen LogP contribution in [0.1, 0.15) is 34.3 Å². The molecule has 1 aliphatic heterocycles. The number of piperidine rings is 1. The average Bonchev–Trinajstić information content (AvgIpc) is 3.14. The van der Waals surface area contributed by atoms with Gasteiger partial charge in [0.05, 0.1) is 0 Å². The first-order chi connectivity index (χ1) is 10.8. The fourth-order valence-electron chi connectivity index (χ4n) is 3.34. The minimum Gasteiger partial charge on any atom is -0.298 e. The number of hydrogen-bond acceptors (Lipinski definition) is 4. The first-order valence-electron chi connectivity index (χ1n) is 7.87. The second-order valence-electron chi connectivity index (χ2n) is 6.07. The Bertz CT molecular complexity index is 776. The molecule has 4 rings (SSSR count). The number of rotatable bonds is 3. The van der Waals surface area contributed by atoms with Crippen molar-refractivity contribution in [2.45, 2.75) is 32.2 Å². The number of pyridine rings is 1.